The quantitative estimate of drug-likeness (QED) is 0.288. The van der Waals surface area contributed by atoms with Crippen molar-refractivity contribution in [1.82, 2.24) is 0 Å². The SMILES string of the molecule is N[C@@H](CC(=O)O)C(=O)O.N[C@@H](CC(=O)O)C(=O)O.[Zn]. The van der Waals surface area contributed by atoms with Crippen molar-refractivity contribution >= 4 is 23.9 Å². The van der Waals surface area contributed by atoms with Crippen molar-refractivity contribution in [3.8, 4) is 0 Å². The molecule has 10 nitrogen and oxygen atoms in total. The molecule has 11 heteroatoms. The summed E-state index contributed by atoms with van der Waals surface area (Å²) < 4.78 is 0. The van der Waals surface area contributed by atoms with E-state index in [2.05, 4.69) is 0 Å². The van der Waals surface area contributed by atoms with E-state index in [-0.39, 0.29) is 19.5 Å². The van der Waals surface area contributed by atoms with Gasteiger partial charge in [0.15, 0.2) is 0 Å². The van der Waals surface area contributed by atoms with Crippen LogP contribution >= 0.6 is 0 Å². The second kappa shape index (κ2) is 11.5. The molecule has 0 fully saturated rings. The zero-order valence-corrected chi connectivity index (χ0v) is 12.8. The van der Waals surface area contributed by atoms with Crippen LogP contribution in [0.4, 0.5) is 0 Å². The monoisotopic (exact) mass is 330 g/mol. The first-order valence-electron chi connectivity index (χ1n) is 4.48. The van der Waals surface area contributed by atoms with Crippen LogP contribution in [0.2, 0.25) is 0 Å². The fourth-order valence-electron chi connectivity index (χ4n) is 0.551. The third-order valence-electron chi connectivity index (χ3n) is 1.42. The number of carboxylic acid groups (broad SMARTS) is 4. The summed E-state index contributed by atoms with van der Waals surface area (Å²) in [6, 6.07) is -2.58. The molecule has 0 aromatic heterocycles. The van der Waals surface area contributed by atoms with Crippen molar-refractivity contribution in [1.29, 1.82) is 0 Å². The van der Waals surface area contributed by atoms with E-state index in [1.807, 2.05) is 0 Å². The van der Waals surface area contributed by atoms with Crippen molar-refractivity contribution in [2.75, 3.05) is 0 Å². The van der Waals surface area contributed by atoms with Gasteiger partial charge in [0.2, 0.25) is 0 Å². The first kappa shape index (κ1) is 22.6. The van der Waals surface area contributed by atoms with Gasteiger partial charge in [-0.05, 0) is 0 Å². The zero-order valence-electron chi connectivity index (χ0n) is 9.85. The Labute approximate surface area is 120 Å². The molecule has 0 spiro atoms. The minimum absolute atomic E-state index is 0. The van der Waals surface area contributed by atoms with E-state index >= 15 is 0 Å². The van der Waals surface area contributed by atoms with Crippen molar-refractivity contribution in [2.45, 2.75) is 24.9 Å². The molecular weight excluding hydrogens is 317 g/mol. The summed E-state index contributed by atoms with van der Waals surface area (Å²) in [6.07, 6.45) is -1.06. The number of hydrogen-bond acceptors (Lipinski definition) is 6. The summed E-state index contributed by atoms with van der Waals surface area (Å²) in [6.45, 7) is 0. The molecule has 106 valence electrons. The molecule has 0 radical (unpaired) electrons. The Kier molecular flexibility index (Phi) is 13.7. The molecule has 0 saturated heterocycles. The van der Waals surface area contributed by atoms with Crippen molar-refractivity contribution in [2.24, 2.45) is 11.5 Å². The number of hydrogen-bond donors (Lipinski definition) is 6. The first-order chi connectivity index (χ1) is 8.07. The molecule has 0 aliphatic heterocycles. The zero-order chi connectivity index (χ0) is 14.9. The fourth-order valence-corrected chi connectivity index (χ4v) is 0.551. The van der Waals surface area contributed by atoms with Crippen LogP contribution in [0, 0.1) is 0 Å². The van der Waals surface area contributed by atoms with Crippen LogP contribution in [-0.4, -0.2) is 56.4 Å². The Morgan fingerprint density at radius 3 is 1.00 bits per heavy atom. The molecule has 0 aromatic carbocycles. The molecule has 0 amide bonds. The van der Waals surface area contributed by atoms with E-state index in [1.165, 1.54) is 0 Å². The molecular formula is C8H14N2O8Zn. The Morgan fingerprint density at radius 2 is 0.947 bits per heavy atom. The number of rotatable bonds is 6. The van der Waals surface area contributed by atoms with Gasteiger partial charge in [-0.1, -0.05) is 0 Å². The van der Waals surface area contributed by atoms with Crippen LogP contribution in [0.5, 0.6) is 0 Å². The predicted molar refractivity (Wildman–Crippen MR) is 55.7 cm³/mol. The van der Waals surface area contributed by atoms with Crippen LogP contribution in [-0.2, 0) is 38.7 Å². The maximum atomic E-state index is 9.85. The van der Waals surface area contributed by atoms with E-state index in [1.54, 1.807) is 0 Å². The standard InChI is InChI=1S/2C4H7NO4.Zn/c2*5-2(4(8)9)1-3(6)7;/h2*2H,1,5H2,(H,6,7)(H,8,9);/t2*2-;/m00./s1. The largest absolute Gasteiger partial charge is 0.481 e. The van der Waals surface area contributed by atoms with E-state index in [9.17, 15) is 19.2 Å². The van der Waals surface area contributed by atoms with Gasteiger partial charge in [-0.2, -0.15) is 0 Å². The van der Waals surface area contributed by atoms with Gasteiger partial charge in [0.25, 0.3) is 0 Å². The Balaban J connectivity index is -0.000000256. The summed E-state index contributed by atoms with van der Waals surface area (Å²) >= 11 is 0. The summed E-state index contributed by atoms with van der Waals surface area (Å²) in [5.74, 6) is -5.00. The van der Waals surface area contributed by atoms with Crippen molar-refractivity contribution < 1.29 is 59.1 Å². The van der Waals surface area contributed by atoms with Crippen LogP contribution in [0.15, 0.2) is 0 Å². The van der Waals surface area contributed by atoms with E-state index in [4.69, 9.17) is 31.9 Å². The van der Waals surface area contributed by atoms with Gasteiger partial charge < -0.3 is 31.9 Å². The smallest absolute Gasteiger partial charge is 0.321 e. The van der Waals surface area contributed by atoms with Crippen LogP contribution in [0.25, 0.3) is 0 Å². The van der Waals surface area contributed by atoms with Crippen molar-refractivity contribution in [3.63, 3.8) is 0 Å². The van der Waals surface area contributed by atoms with Gasteiger partial charge in [-0.25, -0.2) is 0 Å². The number of carbonyl (C=O) groups is 4. The van der Waals surface area contributed by atoms with Crippen LogP contribution in [0.3, 0.4) is 0 Å². The third-order valence-corrected chi connectivity index (χ3v) is 1.42. The Hall–Kier alpha value is -1.58. The van der Waals surface area contributed by atoms with Gasteiger partial charge in [0.05, 0.1) is 12.8 Å². The van der Waals surface area contributed by atoms with Gasteiger partial charge in [0, 0.05) is 19.5 Å². The molecule has 19 heavy (non-hydrogen) atoms. The molecule has 0 unspecified atom stereocenters. The summed E-state index contributed by atoms with van der Waals surface area (Å²) in [7, 11) is 0. The average molecular weight is 332 g/mol. The predicted octanol–water partition coefficient (Wildman–Crippen LogP) is -2.26. The molecule has 2 atom stereocenters. The van der Waals surface area contributed by atoms with E-state index in [0.29, 0.717) is 0 Å². The number of nitrogens with two attached hydrogens (primary N) is 2. The third kappa shape index (κ3) is 16.4. The minimum Gasteiger partial charge on any atom is -0.481 e. The molecule has 0 aliphatic carbocycles. The maximum absolute atomic E-state index is 9.85. The maximum Gasteiger partial charge on any atom is 0.321 e. The fraction of sp³-hybridized carbons (Fsp3) is 0.500. The second-order valence-electron chi connectivity index (χ2n) is 3.09. The molecule has 0 aromatic rings. The minimum atomic E-state index is -1.29. The van der Waals surface area contributed by atoms with Crippen molar-refractivity contribution in [3.05, 3.63) is 0 Å². The molecule has 8 N–H and O–H groups in total. The molecule has 0 saturated carbocycles. The van der Waals surface area contributed by atoms with Gasteiger partial charge >= 0.3 is 23.9 Å². The summed E-state index contributed by atoms with van der Waals surface area (Å²) in [5.41, 5.74) is 9.67. The number of aliphatic carboxylic acids is 4. The van der Waals surface area contributed by atoms with Gasteiger partial charge in [0.1, 0.15) is 12.1 Å². The average Bonchev–Trinajstić information content (AvgIpc) is 2.16. The van der Waals surface area contributed by atoms with Gasteiger partial charge in [-0.3, -0.25) is 19.2 Å². The molecule has 0 rings (SSSR count). The summed E-state index contributed by atoms with van der Waals surface area (Å²) in [4.78, 5) is 39.2. The first-order valence-corrected chi connectivity index (χ1v) is 4.48. The van der Waals surface area contributed by atoms with E-state index in [0.717, 1.165) is 0 Å². The normalized spacial score (nSPS) is 11.9. The number of carboxylic acids is 4. The van der Waals surface area contributed by atoms with Gasteiger partial charge in [-0.15, -0.1) is 0 Å². The van der Waals surface area contributed by atoms with Crippen LogP contribution < -0.4 is 11.5 Å². The topological polar surface area (TPSA) is 201 Å². The van der Waals surface area contributed by atoms with Crippen LogP contribution in [0.1, 0.15) is 12.8 Å². The second-order valence-corrected chi connectivity index (χ2v) is 3.09. The molecule has 0 bridgehead atoms. The summed E-state index contributed by atoms with van der Waals surface area (Å²) in [5, 5.41) is 32.1. The molecule has 0 aliphatic rings. The Morgan fingerprint density at radius 1 is 0.737 bits per heavy atom. The Bertz CT molecular complexity index is 303. The molecule has 0 heterocycles. The van der Waals surface area contributed by atoms with E-state index < -0.39 is 48.8 Å².